The van der Waals surface area contributed by atoms with Gasteiger partial charge in [0.2, 0.25) is 0 Å². The zero-order chi connectivity index (χ0) is 20.7. The Morgan fingerprint density at radius 2 is 2.00 bits per heavy atom. The van der Waals surface area contributed by atoms with Crippen LogP contribution in [-0.4, -0.2) is 41.2 Å². The number of aromatic nitrogens is 2. The van der Waals surface area contributed by atoms with Crippen molar-refractivity contribution in [1.29, 1.82) is 0 Å². The topological polar surface area (TPSA) is 67.3 Å². The number of hydrogen-bond acceptors (Lipinski definition) is 5. The number of benzene rings is 2. The summed E-state index contributed by atoms with van der Waals surface area (Å²) in [7, 11) is 1.68. The third-order valence-corrected chi connectivity index (χ3v) is 7.15. The molecule has 154 valence electrons. The zero-order valence-electron chi connectivity index (χ0n) is 16.8. The summed E-state index contributed by atoms with van der Waals surface area (Å²) in [6.07, 6.45) is 1.06. The fourth-order valence-electron chi connectivity index (χ4n) is 4.36. The van der Waals surface area contributed by atoms with Gasteiger partial charge in [0.05, 0.1) is 12.6 Å². The molecule has 0 bridgehead atoms. The summed E-state index contributed by atoms with van der Waals surface area (Å²) >= 11 is 1.44. The highest BCUT2D eigenvalue weighted by Gasteiger charge is 2.24. The van der Waals surface area contributed by atoms with Crippen LogP contribution in [0.4, 0.5) is 0 Å². The van der Waals surface area contributed by atoms with Crippen LogP contribution in [0.1, 0.15) is 17.9 Å². The minimum atomic E-state index is -0.334. The summed E-state index contributed by atoms with van der Waals surface area (Å²) in [4.78, 5) is 30.9. The minimum absolute atomic E-state index is 0.196. The number of ether oxygens (including phenoxy) is 1. The van der Waals surface area contributed by atoms with Gasteiger partial charge in [0, 0.05) is 29.7 Å². The molecule has 2 aromatic heterocycles. The van der Waals surface area contributed by atoms with Crippen LogP contribution in [0.2, 0.25) is 0 Å². The predicted molar refractivity (Wildman–Crippen MR) is 121 cm³/mol. The number of rotatable bonds is 5. The normalized spacial score (nSPS) is 17.2. The molecule has 1 aliphatic rings. The SMILES string of the molecule is COc1cccc([C@@H]2CCN(CCn3c(=O)[nH]c4c(sc5ccccc54)c3=O)C2)c1. The molecule has 0 radical (unpaired) electrons. The lowest BCUT2D eigenvalue weighted by atomic mass is 9.98. The van der Waals surface area contributed by atoms with Crippen LogP contribution in [0.15, 0.2) is 58.1 Å². The third kappa shape index (κ3) is 3.34. The molecule has 0 amide bonds. The van der Waals surface area contributed by atoms with E-state index in [1.54, 1.807) is 7.11 Å². The Hall–Kier alpha value is -2.90. The van der Waals surface area contributed by atoms with Gasteiger partial charge in [-0.05, 0) is 42.6 Å². The first-order valence-corrected chi connectivity index (χ1v) is 11.0. The number of fused-ring (bicyclic) bond motifs is 3. The fourth-order valence-corrected chi connectivity index (χ4v) is 5.46. The van der Waals surface area contributed by atoms with Crippen molar-refractivity contribution in [3.05, 3.63) is 74.9 Å². The van der Waals surface area contributed by atoms with E-state index in [1.165, 1.54) is 21.5 Å². The highest BCUT2D eigenvalue weighted by atomic mass is 32.1. The molecule has 1 aliphatic heterocycles. The molecule has 0 saturated carbocycles. The monoisotopic (exact) mass is 421 g/mol. The summed E-state index contributed by atoms with van der Waals surface area (Å²) in [6, 6.07) is 16.0. The van der Waals surface area contributed by atoms with E-state index in [0.717, 1.165) is 35.3 Å². The van der Waals surface area contributed by atoms with Crippen molar-refractivity contribution in [2.45, 2.75) is 18.9 Å². The van der Waals surface area contributed by atoms with E-state index in [9.17, 15) is 9.59 Å². The molecule has 1 fully saturated rings. The average Bonchev–Trinajstić information content (AvgIpc) is 3.39. The van der Waals surface area contributed by atoms with Crippen molar-refractivity contribution in [2.24, 2.45) is 0 Å². The van der Waals surface area contributed by atoms with Crippen LogP contribution in [-0.2, 0) is 6.54 Å². The van der Waals surface area contributed by atoms with Gasteiger partial charge in [0.1, 0.15) is 10.4 Å². The van der Waals surface area contributed by atoms with E-state index in [4.69, 9.17) is 4.74 Å². The molecule has 0 spiro atoms. The Morgan fingerprint density at radius 1 is 1.13 bits per heavy atom. The lowest BCUT2D eigenvalue weighted by Gasteiger charge is -2.17. The third-order valence-electron chi connectivity index (χ3n) is 5.99. The maximum Gasteiger partial charge on any atom is 0.328 e. The van der Waals surface area contributed by atoms with E-state index in [1.807, 2.05) is 36.4 Å². The number of hydrogen-bond donors (Lipinski definition) is 1. The Morgan fingerprint density at radius 3 is 2.87 bits per heavy atom. The van der Waals surface area contributed by atoms with Crippen LogP contribution < -0.4 is 16.0 Å². The van der Waals surface area contributed by atoms with Crippen LogP contribution in [0, 0.1) is 0 Å². The molecule has 4 aromatic rings. The van der Waals surface area contributed by atoms with Gasteiger partial charge >= 0.3 is 5.69 Å². The summed E-state index contributed by atoms with van der Waals surface area (Å²) in [5.41, 5.74) is 1.40. The molecule has 1 atom stereocenters. The predicted octanol–water partition coefficient (Wildman–Crippen LogP) is 3.40. The van der Waals surface area contributed by atoms with Gasteiger partial charge in [-0.3, -0.25) is 9.36 Å². The second-order valence-electron chi connectivity index (χ2n) is 7.75. The Bertz CT molecular complexity index is 1340. The number of aromatic amines is 1. The van der Waals surface area contributed by atoms with Crippen molar-refractivity contribution in [1.82, 2.24) is 14.5 Å². The second kappa shape index (κ2) is 7.74. The molecule has 3 heterocycles. The van der Waals surface area contributed by atoms with Crippen LogP contribution in [0.3, 0.4) is 0 Å². The fraction of sp³-hybridized carbons (Fsp3) is 0.304. The van der Waals surface area contributed by atoms with Crippen LogP contribution >= 0.6 is 11.3 Å². The van der Waals surface area contributed by atoms with E-state index in [2.05, 4.69) is 22.0 Å². The van der Waals surface area contributed by atoms with E-state index in [-0.39, 0.29) is 11.2 Å². The van der Waals surface area contributed by atoms with Gasteiger partial charge < -0.3 is 14.6 Å². The summed E-state index contributed by atoms with van der Waals surface area (Å²) in [5.74, 6) is 1.32. The average molecular weight is 422 g/mol. The molecule has 1 saturated heterocycles. The minimum Gasteiger partial charge on any atom is -0.497 e. The van der Waals surface area contributed by atoms with Crippen LogP contribution in [0.25, 0.3) is 20.3 Å². The van der Waals surface area contributed by atoms with Gasteiger partial charge in [0.25, 0.3) is 5.56 Å². The first kappa shape index (κ1) is 19.1. The Kier molecular flexibility index (Phi) is 4.92. The highest BCUT2D eigenvalue weighted by Crippen LogP contribution is 2.30. The van der Waals surface area contributed by atoms with Crippen LogP contribution in [0.5, 0.6) is 5.75 Å². The Labute approximate surface area is 177 Å². The van der Waals surface area contributed by atoms with E-state index in [0.29, 0.717) is 29.2 Å². The summed E-state index contributed by atoms with van der Waals surface area (Å²) < 4.78 is 8.31. The quantitative estimate of drug-likeness (QED) is 0.536. The van der Waals surface area contributed by atoms with Gasteiger partial charge in [-0.25, -0.2) is 4.79 Å². The van der Waals surface area contributed by atoms with Gasteiger partial charge in [-0.15, -0.1) is 11.3 Å². The smallest absolute Gasteiger partial charge is 0.328 e. The molecule has 5 rings (SSSR count). The highest BCUT2D eigenvalue weighted by molar-refractivity contribution is 7.25. The number of nitrogens with zero attached hydrogens (tertiary/aromatic N) is 2. The van der Waals surface area contributed by atoms with Gasteiger partial charge in [-0.2, -0.15) is 0 Å². The largest absolute Gasteiger partial charge is 0.497 e. The first-order valence-electron chi connectivity index (χ1n) is 10.1. The number of nitrogens with one attached hydrogen (secondary N) is 1. The maximum atomic E-state index is 13.0. The second-order valence-corrected chi connectivity index (χ2v) is 8.80. The van der Waals surface area contributed by atoms with Gasteiger partial charge in [-0.1, -0.05) is 30.3 Å². The molecule has 0 unspecified atom stereocenters. The number of likely N-dealkylation sites (tertiary alicyclic amines) is 1. The molecule has 6 nitrogen and oxygen atoms in total. The summed E-state index contributed by atoms with van der Waals surface area (Å²) in [6.45, 7) is 2.95. The lowest BCUT2D eigenvalue weighted by molar-refractivity contribution is 0.314. The van der Waals surface area contributed by atoms with Crippen molar-refractivity contribution >= 4 is 31.6 Å². The standard InChI is InChI=1S/C23H23N3O3S/c1-29-17-6-4-5-15(13-17)16-9-10-25(14-16)11-12-26-22(27)21-20(24-23(26)28)18-7-2-3-8-19(18)30-21/h2-8,13,16H,9-12,14H2,1H3,(H,24,28)/t16-/m1/s1. The lowest BCUT2D eigenvalue weighted by Crippen LogP contribution is -2.38. The van der Waals surface area contributed by atoms with Crippen molar-refractivity contribution in [2.75, 3.05) is 26.7 Å². The van der Waals surface area contributed by atoms with E-state index >= 15 is 0 Å². The van der Waals surface area contributed by atoms with Crippen molar-refractivity contribution in [3.63, 3.8) is 0 Å². The number of H-pyrrole nitrogens is 1. The number of thiophene rings is 1. The van der Waals surface area contributed by atoms with Crippen molar-refractivity contribution in [3.8, 4) is 5.75 Å². The molecule has 1 N–H and O–H groups in total. The van der Waals surface area contributed by atoms with Crippen molar-refractivity contribution < 1.29 is 4.74 Å². The Balaban J connectivity index is 1.35. The molecule has 2 aromatic carbocycles. The molecule has 30 heavy (non-hydrogen) atoms. The van der Waals surface area contributed by atoms with E-state index < -0.39 is 0 Å². The molecular formula is C23H23N3O3S. The van der Waals surface area contributed by atoms with Gasteiger partial charge in [0.15, 0.2) is 0 Å². The molecule has 7 heteroatoms. The summed E-state index contributed by atoms with van der Waals surface area (Å²) in [5, 5.41) is 0.930. The molecule has 0 aliphatic carbocycles. The zero-order valence-corrected chi connectivity index (χ0v) is 17.6. The molecular weight excluding hydrogens is 398 g/mol. The maximum absolute atomic E-state index is 13.0. The first-order chi connectivity index (χ1) is 14.6. The number of methoxy groups -OCH3 is 1.